The average Bonchev–Trinajstić information content (AvgIpc) is 2.89. The van der Waals surface area contributed by atoms with Crippen LogP contribution in [0.4, 0.5) is 10.5 Å². The van der Waals surface area contributed by atoms with Crippen molar-refractivity contribution in [1.82, 2.24) is 10.2 Å². The van der Waals surface area contributed by atoms with Gasteiger partial charge in [-0.2, -0.15) is 0 Å². The molecule has 3 amide bonds. The van der Waals surface area contributed by atoms with Gasteiger partial charge in [0, 0.05) is 17.8 Å². The molecule has 7 nitrogen and oxygen atoms in total. The molecule has 0 spiro atoms. The highest BCUT2D eigenvalue weighted by Crippen LogP contribution is 2.27. The van der Waals surface area contributed by atoms with E-state index in [1.165, 1.54) is 0 Å². The maximum absolute atomic E-state index is 14.3. The largest absolute Gasteiger partial charge is 0.444 e. The highest BCUT2D eigenvalue weighted by atomic mass is 16.6. The van der Waals surface area contributed by atoms with E-state index in [1.807, 2.05) is 45.0 Å². The Morgan fingerprint density at radius 2 is 1.66 bits per heavy atom. The topological polar surface area (TPSA) is 87.7 Å². The van der Waals surface area contributed by atoms with Gasteiger partial charge in [-0.05, 0) is 75.8 Å². The van der Waals surface area contributed by atoms with E-state index in [0.717, 1.165) is 31.2 Å². The number of carbonyl (C=O) groups excluding carboxylic acids is 3. The van der Waals surface area contributed by atoms with Crippen LogP contribution in [0.15, 0.2) is 48.5 Å². The SMILES string of the molecule is C#Cc1ccc(C(C(=O)Nc2ccccc2C)N(CCCCCC)C(=O)C(CC(C)C)NC(=O)OC(C)(C)C)cc1. The van der Waals surface area contributed by atoms with Crippen molar-refractivity contribution >= 4 is 23.6 Å². The molecule has 0 fully saturated rings. The molecule has 222 valence electrons. The number of para-hydroxylation sites is 1. The van der Waals surface area contributed by atoms with E-state index in [-0.39, 0.29) is 17.7 Å². The standard InChI is InChI=1S/C34H47N3O4/c1-9-11-12-15-22-37(32(39)29(23-24(3)4)36-33(40)41-34(6,7)8)30(27-20-18-26(10-2)19-21-27)31(38)35-28-17-14-13-16-25(28)5/h2,13-14,16-21,24,29-30H,9,11-12,15,22-23H2,1,3-8H3,(H,35,38)(H,36,40). The van der Waals surface area contributed by atoms with Crippen molar-refractivity contribution in [3.05, 3.63) is 65.2 Å². The maximum Gasteiger partial charge on any atom is 0.408 e. The van der Waals surface area contributed by atoms with E-state index in [2.05, 4.69) is 23.5 Å². The Morgan fingerprint density at radius 3 is 2.22 bits per heavy atom. The predicted octanol–water partition coefficient (Wildman–Crippen LogP) is 7.00. The Bertz CT molecular complexity index is 1190. The monoisotopic (exact) mass is 561 g/mol. The number of unbranched alkanes of at least 4 members (excludes halogenated alkanes) is 3. The Kier molecular flexibility index (Phi) is 12.9. The summed E-state index contributed by atoms with van der Waals surface area (Å²) in [5, 5.41) is 5.84. The van der Waals surface area contributed by atoms with E-state index in [0.29, 0.717) is 29.8 Å². The summed E-state index contributed by atoms with van der Waals surface area (Å²) in [6.45, 7) is 13.7. The van der Waals surface area contributed by atoms with E-state index >= 15 is 0 Å². The molecule has 0 saturated carbocycles. The quantitative estimate of drug-likeness (QED) is 0.204. The van der Waals surface area contributed by atoms with Crippen LogP contribution in [0, 0.1) is 25.2 Å². The molecule has 0 heterocycles. The summed E-state index contributed by atoms with van der Waals surface area (Å²) in [6.07, 6.45) is 9.00. The molecule has 0 radical (unpaired) electrons. The van der Waals surface area contributed by atoms with Crippen LogP contribution in [0.1, 0.15) is 96.4 Å². The van der Waals surface area contributed by atoms with Gasteiger partial charge in [0.05, 0.1) is 0 Å². The van der Waals surface area contributed by atoms with Crippen molar-refractivity contribution in [2.24, 2.45) is 5.92 Å². The number of aryl methyl sites for hydroxylation is 1. The molecule has 0 bridgehead atoms. The summed E-state index contributed by atoms with van der Waals surface area (Å²) in [4.78, 5) is 42.8. The number of carbonyl (C=O) groups is 3. The van der Waals surface area contributed by atoms with Gasteiger partial charge in [-0.1, -0.05) is 76.3 Å². The van der Waals surface area contributed by atoms with Crippen molar-refractivity contribution in [1.29, 1.82) is 0 Å². The van der Waals surface area contributed by atoms with Crippen molar-refractivity contribution in [2.75, 3.05) is 11.9 Å². The first-order chi connectivity index (χ1) is 19.4. The van der Waals surface area contributed by atoms with E-state index in [4.69, 9.17) is 11.2 Å². The molecule has 2 N–H and O–H groups in total. The number of hydrogen-bond donors (Lipinski definition) is 2. The third-order valence-electron chi connectivity index (χ3n) is 6.59. The molecular weight excluding hydrogens is 514 g/mol. The lowest BCUT2D eigenvalue weighted by Gasteiger charge is -2.35. The number of ether oxygens (including phenoxy) is 1. The second kappa shape index (κ2) is 15.9. The minimum Gasteiger partial charge on any atom is -0.444 e. The normalized spacial score (nSPS) is 12.7. The summed E-state index contributed by atoms with van der Waals surface area (Å²) >= 11 is 0. The van der Waals surface area contributed by atoms with Crippen LogP contribution in [0.3, 0.4) is 0 Å². The molecule has 0 aliphatic heterocycles. The zero-order valence-electron chi connectivity index (χ0n) is 25.8. The second-order valence-electron chi connectivity index (χ2n) is 11.9. The first-order valence-corrected chi connectivity index (χ1v) is 14.6. The van der Waals surface area contributed by atoms with E-state index < -0.39 is 23.8 Å². The van der Waals surface area contributed by atoms with E-state index in [9.17, 15) is 14.4 Å². The zero-order chi connectivity index (χ0) is 30.6. The number of nitrogens with zero attached hydrogens (tertiary/aromatic N) is 1. The Labute approximate surface area is 246 Å². The van der Waals surface area contributed by atoms with Gasteiger partial charge in [-0.25, -0.2) is 4.79 Å². The van der Waals surface area contributed by atoms with Crippen molar-refractivity contribution in [3.63, 3.8) is 0 Å². The van der Waals surface area contributed by atoms with Crippen LogP contribution >= 0.6 is 0 Å². The van der Waals surface area contributed by atoms with E-state index in [1.54, 1.807) is 49.9 Å². The molecule has 41 heavy (non-hydrogen) atoms. The lowest BCUT2D eigenvalue weighted by Crippen LogP contribution is -2.53. The molecule has 0 aromatic heterocycles. The van der Waals surface area contributed by atoms with Crippen LogP contribution in [0.2, 0.25) is 0 Å². The number of rotatable bonds is 13. The number of hydrogen-bond acceptors (Lipinski definition) is 4. The predicted molar refractivity (Wildman–Crippen MR) is 165 cm³/mol. The highest BCUT2D eigenvalue weighted by Gasteiger charge is 2.36. The number of benzene rings is 2. The maximum atomic E-state index is 14.3. The highest BCUT2D eigenvalue weighted by molar-refractivity contribution is 5.99. The molecule has 2 aromatic carbocycles. The zero-order valence-corrected chi connectivity index (χ0v) is 25.8. The summed E-state index contributed by atoms with van der Waals surface area (Å²) in [5.74, 6) is 2.05. The summed E-state index contributed by atoms with van der Waals surface area (Å²) in [5.41, 5.74) is 2.18. The van der Waals surface area contributed by atoms with Gasteiger partial charge >= 0.3 is 6.09 Å². The Morgan fingerprint density at radius 1 is 1.00 bits per heavy atom. The van der Waals surface area contributed by atoms with Gasteiger partial charge in [0.1, 0.15) is 17.7 Å². The number of amides is 3. The molecule has 2 unspecified atom stereocenters. The van der Waals surface area contributed by atoms with Crippen molar-refractivity contribution < 1.29 is 19.1 Å². The summed E-state index contributed by atoms with van der Waals surface area (Å²) in [6, 6.07) is 12.8. The lowest BCUT2D eigenvalue weighted by molar-refractivity contribution is -0.141. The Balaban J connectivity index is 2.57. The van der Waals surface area contributed by atoms with Crippen LogP contribution in [0.5, 0.6) is 0 Å². The number of nitrogens with one attached hydrogen (secondary N) is 2. The fraction of sp³-hybridized carbons (Fsp3) is 0.500. The molecule has 0 aliphatic carbocycles. The van der Waals surface area contributed by atoms with Gasteiger partial charge in [0.25, 0.3) is 5.91 Å². The Hall–Kier alpha value is -3.79. The van der Waals surface area contributed by atoms with Crippen LogP contribution in [-0.4, -0.2) is 41.0 Å². The van der Waals surface area contributed by atoms with Gasteiger partial charge in [0.2, 0.25) is 5.91 Å². The minimum atomic E-state index is -0.939. The van der Waals surface area contributed by atoms with Crippen LogP contribution in [-0.2, 0) is 14.3 Å². The number of anilines is 1. The molecule has 2 rings (SSSR count). The third kappa shape index (κ3) is 11.0. The smallest absolute Gasteiger partial charge is 0.408 e. The van der Waals surface area contributed by atoms with Gasteiger partial charge in [-0.15, -0.1) is 6.42 Å². The molecule has 0 aliphatic rings. The fourth-order valence-electron chi connectivity index (χ4n) is 4.57. The fourth-order valence-corrected chi connectivity index (χ4v) is 4.57. The molecule has 2 atom stereocenters. The third-order valence-corrected chi connectivity index (χ3v) is 6.59. The van der Waals surface area contributed by atoms with Crippen LogP contribution < -0.4 is 10.6 Å². The lowest BCUT2D eigenvalue weighted by atomic mass is 9.98. The molecule has 2 aromatic rings. The van der Waals surface area contributed by atoms with Crippen molar-refractivity contribution in [3.8, 4) is 12.3 Å². The van der Waals surface area contributed by atoms with Gasteiger partial charge in [-0.3, -0.25) is 9.59 Å². The second-order valence-corrected chi connectivity index (χ2v) is 11.9. The summed E-state index contributed by atoms with van der Waals surface area (Å²) < 4.78 is 5.48. The first kappa shape index (κ1) is 33.4. The minimum absolute atomic E-state index is 0.106. The van der Waals surface area contributed by atoms with Gasteiger partial charge < -0.3 is 20.3 Å². The summed E-state index contributed by atoms with van der Waals surface area (Å²) in [7, 11) is 0. The van der Waals surface area contributed by atoms with Crippen LogP contribution in [0.25, 0.3) is 0 Å². The van der Waals surface area contributed by atoms with Gasteiger partial charge in [0.15, 0.2) is 0 Å². The van der Waals surface area contributed by atoms with Crippen molar-refractivity contribution in [2.45, 2.75) is 98.3 Å². The first-order valence-electron chi connectivity index (χ1n) is 14.6. The molecule has 7 heteroatoms. The number of terminal acetylenes is 1. The molecule has 0 saturated heterocycles. The molecular formula is C34H47N3O4. The average molecular weight is 562 g/mol. The number of alkyl carbamates (subject to hydrolysis) is 1.